The number of esters is 1. The summed E-state index contributed by atoms with van der Waals surface area (Å²) >= 11 is 1.58. The summed E-state index contributed by atoms with van der Waals surface area (Å²) in [4.78, 5) is 45.0. The average Bonchev–Trinajstić information content (AvgIpc) is 3.41. The van der Waals surface area contributed by atoms with Gasteiger partial charge in [-0.3, -0.25) is 9.59 Å². The zero-order valence-electron chi connectivity index (χ0n) is 23.7. The molecule has 0 saturated carbocycles. The zero-order valence-corrected chi connectivity index (χ0v) is 24.5. The number of rotatable bonds is 8. The lowest BCUT2D eigenvalue weighted by atomic mass is 9.93. The van der Waals surface area contributed by atoms with E-state index in [4.69, 9.17) is 15.2 Å². The molecule has 216 valence electrons. The van der Waals surface area contributed by atoms with Crippen LogP contribution in [-0.4, -0.2) is 42.5 Å². The van der Waals surface area contributed by atoms with E-state index in [0.717, 1.165) is 28.0 Å². The highest BCUT2D eigenvalue weighted by Gasteiger charge is 2.28. The molecule has 0 bridgehead atoms. The van der Waals surface area contributed by atoms with Gasteiger partial charge in [0.05, 0.1) is 7.11 Å². The monoisotopic (exact) mass is 584 g/mol. The maximum Gasteiger partial charge on any atom is 0.357 e. The van der Waals surface area contributed by atoms with Gasteiger partial charge in [-0.15, -0.1) is 11.3 Å². The standard InChI is InChI=1S/C32H32N4O5S/c1-4-12-34-31(38)26-10-9-22(28(36-26)32(39)40-3)23-16-27-25(29-20(11-13-42-29)14-18(2)41-27)15-24(23)30(37)35-21-7-5-19(17-33)6-8-21/h5-11,13,15-16,18H,4,12,14,17,33H2,1-3H3,(H,34,38)(H,35,37)/t18-/m0/s1. The van der Waals surface area contributed by atoms with E-state index in [2.05, 4.69) is 21.7 Å². The van der Waals surface area contributed by atoms with Crippen LogP contribution >= 0.6 is 11.3 Å². The van der Waals surface area contributed by atoms with Crippen molar-refractivity contribution in [2.24, 2.45) is 5.73 Å². The molecule has 2 aromatic carbocycles. The quantitative estimate of drug-likeness (QED) is 0.235. The minimum atomic E-state index is -0.733. The second-order valence-corrected chi connectivity index (χ2v) is 10.9. The molecule has 4 N–H and O–H groups in total. The molecule has 10 heteroatoms. The first kappa shape index (κ1) is 29.0. The highest BCUT2D eigenvalue weighted by Crippen LogP contribution is 2.44. The Morgan fingerprint density at radius 2 is 1.83 bits per heavy atom. The smallest absolute Gasteiger partial charge is 0.357 e. The highest BCUT2D eigenvalue weighted by atomic mass is 32.1. The first-order valence-electron chi connectivity index (χ1n) is 13.7. The fraction of sp³-hybridized carbons (Fsp3) is 0.250. The molecule has 1 aliphatic rings. The first-order chi connectivity index (χ1) is 20.3. The predicted octanol–water partition coefficient (Wildman–Crippen LogP) is 5.44. The van der Waals surface area contributed by atoms with E-state index in [0.29, 0.717) is 47.6 Å². The Labute approximate surface area is 248 Å². The lowest BCUT2D eigenvalue weighted by Gasteiger charge is -2.19. The van der Waals surface area contributed by atoms with Gasteiger partial charge in [-0.2, -0.15) is 0 Å². The molecular weight excluding hydrogens is 552 g/mol. The lowest BCUT2D eigenvalue weighted by molar-refractivity contribution is 0.0594. The van der Waals surface area contributed by atoms with Crippen molar-refractivity contribution in [3.63, 3.8) is 0 Å². The maximum atomic E-state index is 13.9. The van der Waals surface area contributed by atoms with E-state index < -0.39 is 11.9 Å². The number of nitrogens with one attached hydrogen (secondary N) is 2. The van der Waals surface area contributed by atoms with Crippen molar-refractivity contribution in [3.8, 4) is 27.3 Å². The number of carbonyl (C=O) groups excluding carboxylic acids is 3. The van der Waals surface area contributed by atoms with Crippen LogP contribution in [0.25, 0.3) is 21.6 Å². The average molecular weight is 585 g/mol. The zero-order chi connectivity index (χ0) is 29.8. The Kier molecular flexibility index (Phi) is 8.65. The summed E-state index contributed by atoms with van der Waals surface area (Å²) in [6, 6.07) is 16.1. The second kappa shape index (κ2) is 12.5. The van der Waals surface area contributed by atoms with Crippen LogP contribution in [0.15, 0.2) is 60.0 Å². The molecule has 42 heavy (non-hydrogen) atoms. The number of benzene rings is 2. The number of carbonyl (C=O) groups is 3. The van der Waals surface area contributed by atoms with Crippen molar-refractivity contribution in [1.82, 2.24) is 10.3 Å². The third-order valence-electron chi connectivity index (χ3n) is 6.97. The van der Waals surface area contributed by atoms with Gasteiger partial charge in [0.15, 0.2) is 5.69 Å². The van der Waals surface area contributed by atoms with Gasteiger partial charge in [0.2, 0.25) is 0 Å². The Morgan fingerprint density at radius 3 is 2.55 bits per heavy atom. The Bertz CT molecular complexity index is 1650. The summed E-state index contributed by atoms with van der Waals surface area (Å²) in [6.45, 7) is 4.79. The molecule has 0 unspecified atom stereocenters. The lowest BCUT2D eigenvalue weighted by Crippen LogP contribution is -2.26. The molecule has 0 fully saturated rings. The molecule has 4 aromatic rings. The first-order valence-corrected chi connectivity index (χ1v) is 14.6. The number of fused-ring (bicyclic) bond motifs is 3. The normalized spacial score (nSPS) is 13.7. The molecule has 1 aliphatic heterocycles. The van der Waals surface area contributed by atoms with Crippen molar-refractivity contribution < 1.29 is 23.9 Å². The van der Waals surface area contributed by atoms with Gasteiger partial charge in [0.25, 0.3) is 11.8 Å². The number of aromatic nitrogens is 1. The van der Waals surface area contributed by atoms with Crippen molar-refractivity contribution in [2.75, 3.05) is 19.0 Å². The molecule has 0 radical (unpaired) electrons. The van der Waals surface area contributed by atoms with Crippen molar-refractivity contribution >= 4 is 34.8 Å². The molecular formula is C32H32N4O5S. The third-order valence-corrected chi connectivity index (χ3v) is 7.96. The van der Waals surface area contributed by atoms with Crippen LogP contribution in [0.3, 0.4) is 0 Å². The number of methoxy groups -OCH3 is 1. The number of ether oxygens (including phenoxy) is 2. The van der Waals surface area contributed by atoms with E-state index in [-0.39, 0.29) is 23.4 Å². The fourth-order valence-electron chi connectivity index (χ4n) is 4.87. The van der Waals surface area contributed by atoms with Gasteiger partial charge in [-0.05, 0) is 72.3 Å². The Hall–Kier alpha value is -4.54. The topological polar surface area (TPSA) is 133 Å². The summed E-state index contributed by atoms with van der Waals surface area (Å²) < 4.78 is 11.4. The summed E-state index contributed by atoms with van der Waals surface area (Å²) in [6.07, 6.45) is 1.35. The maximum absolute atomic E-state index is 13.9. The molecule has 1 atom stereocenters. The number of hydrogen-bond donors (Lipinski definition) is 3. The summed E-state index contributed by atoms with van der Waals surface area (Å²) in [5.74, 6) is -0.937. The summed E-state index contributed by atoms with van der Waals surface area (Å²) in [7, 11) is 1.25. The Balaban J connectivity index is 1.68. The number of amides is 2. The molecule has 0 spiro atoms. The SMILES string of the molecule is CCCNC(=O)c1ccc(-c2cc3c(cc2C(=O)Nc2ccc(CN)cc2)-c2sccc2C[C@H](C)O3)c(C(=O)OC)n1. The molecule has 2 aromatic heterocycles. The second-order valence-electron chi connectivity index (χ2n) is 10.00. The summed E-state index contributed by atoms with van der Waals surface area (Å²) in [5, 5.41) is 7.77. The van der Waals surface area contributed by atoms with Crippen LogP contribution in [0.5, 0.6) is 5.75 Å². The largest absolute Gasteiger partial charge is 0.490 e. The predicted molar refractivity (Wildman–Crippen MR) is 163 cm³/mol. The van der Waals surface area contributed by atoms with Crippen LogP contribution in [0.2, 0.25) is 0 Å². The van der Waals surface area contributed by atoms with E-state index >= 15 is 0 Å². The van der Waals surface area contributed by atoms with Crippen molar-refractivity contribution in [1.29, 1.82) is 0 Å². The van der Waals surface area contributed by atoms with Gasteiger partial charge in [0, 0.05) is 52.3 Å². The fourth-order valence-corrected chi connectivity index (χ4v) is 5.83. The molecule has 3 heterocycles. The van der Waals surface area contributed by atoms with E-state index in [1.54, 1.807) is 41.7 Å². The van der Waals surface area contributed by atoms with Gasteiger partial charge < -0.3 is 25.8 Å². The van der Waals surface area contributed by atoms with Crippen LogP contribution in [0.4, 0.5) is 5.69 Å². The minimum absolute atomic E-state index is 0.0708. The molecule has 0 aliphatic carbocycles. The molecule has 2 amide bonds. The van der Waals surface area contributed by atoms with Crippen molar-refractivity contribution in [2.45, 2.75) is 39.3 Å². The van der Waals surface area contributed by atoms with Gasteiger partial charge in [-0.25, -0.2) is 9.78 Å². The van der Waals surface area contributed by atoms with Crippen LogP contribution in [0, 0.1) is 0 Å². The molecule has 9 nitrogen and oxygen atoms in total. The number of pyridine rings is 1. The highest BCUT2D eigenvalue weighted by molar-refractivity contribution is 7.13. The molecule has 5 rings (SSSR count). The Morgan fingerprint density at radius 1 is 1.05 bits per heavy atom. The number of anilines is 1. The number of nitrogens with zero attached hydrogens (tertiary/aromatic N) is 1. The van der Waals surface area contributed by atoms with E-state index in [9.17, 15) is 14.4 Å². The molecule has 0 saturated heterocycles. The third kappa shape index (κ3) is 5.90. The number of thiophene rings is 1. The van der Waals surface area contributed by atoms with Crippen LogP contribution in [0.1, 0.15) is 62.7 Å². The van der Waals surface area contributed by atoms with Crippen LogP contribution < -0.4 is 21.1 Å². The van der Waals surface area contributed by atoms with E-state index in [1.807, 2.05) is 31.4 Å². The minimum Gasteiger partial charge on any atom is -0.490 e. The van der Waals surface area contributed by atoms with E-state index in [1.165, 1.54) is 13.2 Å². The van der Waals surface area contributed by atoms with Crippen LogP contribution in [-0.2, 0) is 17.7 Å². The number of nitrogens with two attached hydrogens (primary N) is 1. The van der Waals surface area contributed by atoms with Gasteiger partial charge in [0.1, 0.15) is 17.5 Å². The van der Waals surface area contributed by atoms with Gasteiger partial charge in [-0.1, -0.05) is 19.1 Å². The van der Waals surface area contributed by atoms with Crippen molar-refractivity contribution in [3.05, 3.63) is 88.1 Å². The number of hydrogen-bond acceptors (Lipinski definition) is 8. The summed E-state index contributed by atoms with van der Waals surface area (Å²) in [5.41, 5.74) is 10.3. The van der Waals surface area contributed by atoms with Gasteiger partial charge >= 0.3 is 5.97 Å².